The maximum absolute atomic E-state index is 13.2. The van der Waals surface area contributed by atoms with Gasteiger partial charge in [-0.1, -0.05) is 6.58 Å². The molecule has 4 aliphatic heterocycles. The van der Waals surface area contributed by atoms with Gasteiger partial charge in [0.25, 0.3) is 0 Å². The first-order chi connectivity index (χ1) is 20.7. The zero-order valence-electron chi connectivity index (χ0n) is 22.5. The molecule has 0 radical (unpaired) electrons. The van der Waals surface area contributed by atoms with Crippen molar-refractivity contribution in [1.82, 2.24) is 19.1 Å². The molecule has 44 heavy (non-hydrogen) atoms. The van der Waals surface area contributed by atoms with Crippen LogP contribution in [0.4, 0.5) is 11.6 Å². The smallest absolute Gasteiger partial charge is 0.397 e. The zero-order chi connectivity index (χ0) is 31.7. The largest absolute Gasteiger partial charge is 0.472 e. The van der Waals surface area contributed by atoms with Gasteiger partial charge < -0.3 is 62.5 Å². The van der Waals surface area contributed by atoms with Crippen LogP contribution in [-0.2, 0) is 36.9 Å². The summed E-state index contributed by atoms with van der Waals surface area (Å²) in [5.74, 6) is 0.0483. The lowest BCUT2D eigenvalue weighted by Crippen LogP contribution is -2.36. The number of aromatic nitrogens is 4. The van der Waals surface area contributed by atoms with Crippen molar-refractivity contribution in [2.45, 2.75) is 55.4 Å². The first-order valence-electron chi connectivity index (χ1n) is 12.8. The molecule has 2 aromatic heterocycles. The number of nitrogens with two attached hydrogens (primary N) is 4. The van der Waals surface area contributed by atoms with E-state index in [2.05, 4.69) is 26.9 Å². The molecule has 0 saturated carbocycles. The van der Waals surface area contributed by atoms with Crippen LogP contribution in [0.3, 0.4) is 0 Å². The standard InChI is InChI=1S/C20H30N10O12P2/c1-6(21)8-15(23)29(3-25-8)17-10(31)12-7(39-17)2-38-44(35,36)42-13-11(32)19(37-5-43(33,34)41-12)40-18(13)30-4-26-9-14(22)27-20(24)28-16(9)30/h3-4,7,10-14,17-19,31-32H,1-2,5,21-23H2,(H,33,34)(H,35,36)(H3,24,27,28)/t7-,10?,11-,12+,13?,14?,17-,18-,19+/m1/s1. The van der Waals surface area contributed by atoms with Gasteiger partial charge in [0.05, 0.1) is 25.0 Å². The van der Waals surface area contributed by atoms with E-state index in [1.807, 2.05) is 0 Å². The fourth-order valence-electron chi connectivity index (χ4n) is 5.15. The molecule has 22 nitrogen and oxygen atoms in total. The summed E-state index contributed by atoms with van der Waals surface area (Å²) in [7, 11) is -9.84. The number of fused-ring (bicyclic) bond motifs is 4. The Labute approximate surface area is 247 Å². The van der Waals surface area contributed by atoms with Crippen LogP contribution in [0.5, 0.6) is 0 Å². The molecule has 0 amide bonds. The number of imidazole rings is 2. The summed E-state index contributed by atoms with van der Waals surface area (Å²) in [5.41, 5.74) is 23.8. The second-order valence-electron chi connectivity index (χ2n) is 10.2. The number of ether oxygens (including phenoxy) is 3. The Balaban J connectivity index is 1.29. The van der Waals surface area contributed by atoms with Crippen LogP contribution >= 0.6 is 15.4 Å². The van der Waals surface area contributed by atoms with Gasteiger partial charge >= 0.3 is 15.4 Å². The lowest BCUT2D eigenvalue weighted by Gasteiger charge is -2.27. The molecule has 6 heterocycles. The molecule has 5 unspecified atom stereocenters. The molecule has 11 atom stereocenters. The number of hydrogen-bond acceptors (Lipinski definition) is 18. The summed E-state index contributed by atoms with van der Waals surface area (Å²) >= 11 is 0. The number of aliphatic hydroxyl groups is 2. The van der Waals surface area contributed by atoms with Crippen molar-refractivity contribution in [2.24, 2.45) is 22.2 Å². The lowest BCUT2D eigenvalue weighted by molar-refractivity contribution is -0.168. The number of phosphoric acid groups is 1. The SMILES string of the molecule is C=C(N)c1ncn([C@@H]2O[C@@H]3COP(=O)(O)OC4[C@@H](O)[C@@H](OCP(=O)(O)O[C@@H]3C2O)O[C@H]4n2cnc3c2NC(N)=NC3N)c1N. The highest BCUT2D eigenvalue weighted by Gasteiger charge is 2.54. The van der Waals surface area contributed by atoms with Crippen LogP contribution < -0.4 is 28.3 Å². The highest BCUT2D eigenvalue weighted by Crippen LogP contribution is 2.53. The van der Waals surface area contributed by atoms with Crippen LogP contribution in [-0.4, -0.2) is 94.8 Å². The molecular formula is C20H30N10O12P2. The topological polar surface area (TPSA) is 335 Å². The van der Waals surface area contributed by atoms with Gasteiger partial charge in [-0.15, -0.1) is 0 Å². The zero-order valence-corrected chi connectivity index (χ0v) is 24.3. The van der Waals surface area contributed by atoms with Crippen molar-refractivity contribution < 1.29 is 56.9 Å². The molecule has 3 fully saturated rings. The molecule has 4 aliphatic rings. The Kier molecular flexibility index (Phi) is 7.86. The minimum Gasteiger partial charge on any atom is -0.397 e. The normalized spacial score (nSPS) is 40.9. The second kappa shape index (κ2) is 11.1. The van der Waals surface area contributed by atoms with Gasteiger partial charge in [0.1, 0.15) is 59.7 Å². The number of nitrogens with zero attached hydrogens (tertiary/aromatic N) is 5. The Morgan fingerprint density at radius 3 is 2.48 bits per heavy atom. The van der Waals surface area contributed by atoms with Crippen molar-refractivity contribution in [1.29, 1.82) is 0 Å². The highest BCUT2D eigenvalue weighted by atomic mass is 31.2. The first-order valence-corrected chi connectivity index (χ1v) is 16.1. The fourth-order valence-corrected chi connectivity index (χ4v) is 7.12. The quantitative estimate of drug-likeness (QED) is 0.153. The van der Waals surface area contributed by atoms with Crippen molar-refractivity contribution >= 4 is 38.7 Å². The van der Waals surface area contributed by atoms with Crippen LogP contribution in [0.1, 0.15) is 30.0 Å². The highest BCUT2D eigenvalue weighted by molar-refractivity contribution is 7.52. The van der Waals surface area contributed by atoms with Crippen molar-refractivity contribution in [2.75, 3.05) is 24.0 Å². The second-order valence-corrected chi connectivity index (χ2v) is 13.3. The maximum atomic E-state index is 13.2. The van der Waals surface area contributed by atoms with Crippen molar-refractivity contribution in [3.8, 4) is 0 Å². The van der Waals surface area contributed by atoms with Crippen LogP contribution in [0.2, 0.25) is 0 Å². The number of rotatable bonds is 3. The van der Waals surface area contributed by atoms with Crippen LogP contribution in [0.15, 0.2) is 24.2 Å². The van der Waals surface area contributed by atoms with Crippen molar-refractivity contribution in [3.05, 3.63) is 30.6 Å². The van der Waals surface area contributed by atoms with Crippen LogP contribution in [0, 0.1) is 0 Å². The third kappa shape index (κ3) is 5.54. The molecule has 3 saturated heterocycles. The Morgan fingerprint density at radius 2 is 1.77 bits per heavy atom. The molecule has 2 aromatic rings. The predicted octanol–water partition coefficient (Wildman–Crippen LogP) is -2.48. The van der Waals surface area contributed by atoms with Gasteiger partial charge in [-0.3, -0.25) is 27.3 Å². The van der Waals surface area contributed by atoms with E-state index in [0.717, 1.165) is 0 Å². The average Bonchev–Trinajstić information content (AvgIpc) is 3.67. The minimum atomic E-state index is -5.08. The van der Waals surface area contributed by atoms with E-state index in [0.29, 0.717) is 0 Å². The molecule has 6 rings (SSSR count). The monoisotopic (exact) mass is 664 g/mol. The van der Waals surface area contributed by atoms with E-state index >= 15 is 0 Å². The molecule has 242 valence electrons. The fraction of sp³-hybridized carbons (Fsp3) is 0.550. The van der Waals surface area contributed by atoms with Gasteiger partial charge in [-0.2, -0.15) is 0 Å². The number of phosphoric ester groups is 1. The maximum Gasteiger partial charge on any atom is 0.472 e. The number of aliphatic hydroxyl groups excluding tert-OH is 2. The summed E-state index contributed by atoms with van der Waals surface area (Å²) in [4.78, 5) is 33.4. The van der Waals surface area contributed by atoms with E-state index in [9.17, 15) is 29.1 Å². The minimum absolute atomic E-state index is 0.0232. The average molecular weight is 664 g/mol. The Morgan fingerprint density at radius 1 is 1.05 bits per heavy atom. The van der Waals surface area contributed by atoms with Gasteiger partial charge in [-0.25, -0.2) is 19.5 Å². The molecular weight excluding hydrogens is 634 g/mol. The van der Waals surface area contributed by atoms with E-state index in [1.165, 1.54) is 21.8 Å². The molecule has 2 bridgehead atoms. The number of nitrogen functional groups attached to an aromatic ring is 1. The number of anilines is 2. The summed E-state index contributed by atoms with van der Waals surface area (Å²) in [6, 6.07) is 0. The summed E-state index contributed by atoms with van der Waals surface area (Å²) in [5, 5.41) is 24.8. The molecule has 0 spiro atoms. The third-order valence-corrected chi connectivity index (χ3v) is 9.17. The number of nitrogens with one attached hydrogen (secondary N) is 1. The third-order valence-electron chi connectivity index (χ3n) is 7.14. The summed E-state index contributed by atoms with van der Waals surface area (Å²) in [6.07, 6.45) is -12.3. The van der Waals surface area contributed by atoms with E-state index in [1.54, 1.807) is 0 Å². The molecule has 0 aromatic carbocycles. The van der Waals surface area contributed by atoms with Crippen molar-refractivity contribution in [3.63, 3.8) is 0 Å². The van der Waals surface area contributed by atoms with Crippen LogP contribution in [0.25, 0.3) is 5.70 Å². The van der Waals surface area contributed by atoms with E-state index in [4.69, 9.17) is 50.7 Å². The van der Waals surface area contributed by atoms with Gasteiger partial charge in [0, 0.05) is 0 Å². The summed E-state index contributed by atoms with van der Waals surface area (Å²) < 4.78 is 61.4. The molecule has 0 aliphatic carbocycles. The molecule has 13 N–H and O–H groups in total. The number of hydrogen-bond donors (Lipinski definition) is 9. The van der Waals surface area contributed by atoms with Gasteiger partial charge in [-0.05, 0) is 0 Å². The number of guanidine groups is 1. The number of aliphatic imine (C=N–C) groups is 1. The van der Waals surface area contributed by atoms with E-state index in [-0.39, 0.29) is 34.7 Å². The molecule has 24 heteroatoms. The van der Waals surface area contributed by atoms with E-state index < -0.39 is 83.8 Å². The predicted molar refractivity (Wildman–Crippen MR) is 145 cm³/mol. The van der Waals surface area contributed by atoms with Gasteiger partial charge in [0.2, 0.25) is 0 Å². The van der Waals surface area contributed by atoms with Gasteiger partial charge in [0.15, 0.2) is 31.1 Å². The first kappa shape index (κ1) is 31.0. The summed E-state index contributed by atoms with van der Waals surface area (Å²) in [6.45, 7) is 2.75. The Hall–Kier alpha value is -2.95. The Bertz CT molecular complexity index is 1580. The lowest BCUT2D eigenvalue weighted by atomic mass is 10.1.